The smallest absolute Gasteiger partial charge is 0.393 e. The van der Waals surface area contributed by atoms with Gasteiger partial charge < -0.3 is 5.11 Å². The minimum Gasteiger partial charge on any atom is -0.393 e. The van der Waals surface area contributed by atoms with Crippen LogP contribution in [-0.4, -0.2) is 21.0 Å². The van der Waals surface area contributed by atoms with Gasteiger partial charge >= 0.3 is 6.18 Å². The predicted molar refractivity (Wildman–Crippen MR) is 75.8 cm³/mol. The van der Waals surface area contributed by atoms with E-state index >= 15 is 0 Å². The molecule has 0 aromatic carbocycles. The Morgan fingerprint density at radius 2 is 1.90 bits per heavy atom. The van der Waals surface area contributed by atoms with Gasteiger partial charge in [-0.1, -0.05) is 27.7 Å². The van der Waals surface area contributed by atoms with Gasteiger partial charge in [0.05, 0.1) is 23.9 Å². The topological polar surface area (TPSA) is 38.0 Å². The summed E-state index contributed by atoms with van der Waals surface area (Å²) >= 11 is 0. The fourth-order valence-corrected chi connectivity index (χ4v) is 2.85. The maximum atomic E-state index is 12.5. The van der Waals surface area contributed by atoms with Crippen molar-refractivity contribution in [2.75, 3.05) is 0 Å². The molecule has 1 saturated carbocycles. The van der Waals surface area contributed by atoms with E-state index in [1.807, 2.05) is 13.8 Å². The van der Waals surface area contributed by atoms with Crippen LogP contribution in [0.1, 0.15) is 58.6 Å². The largest absolute Gasteiger partial charge is 0.419 e. The molecule has 122 valence electrons. The number of hydrogen-bond donors (Lipinski definition) is 1. The first-order chi connectivity index (χ1) is 9.79. The zero-order valence-corrected chi connectivity index (χ0v) is 13.1. The molecule has 0 aliphatic heterocycles. The second-order valence-electron chi connectivity index (χ2n) is 5.65. The van der Waals surface area contributed by atoms with E-state index in [1.165, 1.54) is 4.68 Å². The number of aromatic nitrogens is 2. The van der Waals surface area contributed by atoms with Crippen molar-refractivity contribution < 1.29 is 18.3 Å². The third-order valence-electron chi connectivity index (χ3n) is 4.00. The van der Waals surface area contributed by atoms with Crippen molar-refractivity contribution in [2.45, 2.75) is 65.3 Å². The van der Waals surface area contributed by atoms with Gasteiger partial charge in [-0.15, -0.1) is 0 Å². The lowest BCUT2D eigenvalue weighted by molar-refractivity contribution is -0.137. The highest BCUT2D eigenvalue weighted by atomic mass is 19.4. The molecular formula is C15H25F3N2O. The van der Waals surface area contributed by atoms with Gasteiger partial charge in [0, 0.05) is 6.20 Å². The number of rotatable bonds is 2. The summed E-state index contributed by atoms with van der Waals surface area (Å²) in [4.78, 5) is 0. The molecule has 1 heterocycles. The van der Waals surface area contributed by atoms with Crippen LogP contribution in [0.25, 0.3) is 0 Å². The molecule has 1 aromatic heterocycles. The van der Waals surface area contributed by atoms with Gasteiger partial charge in [0.1, 0.15) is 0 Å². The molecule has 3 atom stereocenters. The first kappa shape index (κ1) is 18.0. The number of halogens is 3. The molecule has 1 aromatic rings. The van der Waals surface area contributed by atoms with Gasteiger partial charge in [0.2, 0.25) is 0 Å². The summed E-state index contributed by atoms with van der Waals surface area (Å²) < 4.78 is 38.9. The summed E-state index contributed by atoms with van der Waals surface area (Å²) in [6, 6.07) is -0.138. The van der Waals surface area contributed by atoms with Crippen molar-refractivity contribution in [1.29, 1.82) is 0 Å². The van der Waals surface area contributed by atoms with Gasteiger partial charge in [-0.25, -0.2) is 0 Å². The highest BCUT2D eigenvalue weighted by Crippen LogP contribution is 2.37. The lowest BCUT2D eigenvalue weighted by Crippen LogP contribution is -2.33. The van der Waals surface area contributed by atoms with Crippen molar-refractivity contribution in [3.63, 3.8) is 0 Å². The lowest BCUT2D eigenvalue weighted by atomic mass is 9.77. The minimum absolute atomic E-state index is 0.138. The molecule has 3 nitrogen and oxygen atoms in total. The Morgan fingerprint density at radius 3 is 2.33 bits per heavy atom. The van der Waals surface area contributed by atoms with E-state index < -0.39 is 17.8 Å². The van der Waals surface area contributed by atoms with Crippen LogP contribution < -0.4 is 0 Å². The maximum absolute atomic E-state index is 12.5. The highest BCUT2D eigenvalue weighted by molar-refractivity contribution is 5.09. The summed E-state index contributed by atoms with van der Waals surface area (Å²) in [6.07, 6.45) is -0.872. The molecule has 0 radical (unpaired) electrons. The third kappa shape index (κ3) is 4.46. The van der Waals surface area contributed by atoms with Crippen LogP contribution in [-0.2, 0) is 6.18 Å². The number of alkyl halides is 3. The SMILES string of the molecule is CC.CC(C)C1CCC(n2cc(C(F)(F)F)cn2)CC1O. The van der Waals surface area contributed by atoms with Crippen LogP contribution in [0, 0.1) is 11.8 Å². The van der Waals surface area contributed by atoms with E-state index in [0.717, 1.165) is 25.2 Å². The highest BCUT2D eigenvalue weighted by Gasteiger charge is 2.35. The fourth-order valence-electron chi connectivity index (χ4n) is 2.85. The van der Waals surface area contributed by atoms with Crippen molar-refractivity contribution in [1.82, 2.24) is 9.78 Å². The minimum atomic E-state index is -4.36. The van der Waals surface area contributed by atoms with Crippen LogP contribution in [0.3, 0.4) is 0 Å². The van der Waals surface area contributed by atoms with Crippen molar-refractivity contribution in [3.05, 3.63) is 18.0 Å². The number of hydrogen-bond acceptors (Lipinski definition) is 2. The van der Waals surface area contributed by atoms with E-state index in [-0.39, 0.29) is 12.0 Å². The second-order valence-corrected chi connectivity index (χ2v) is 5.65. The third-order valence-corrected chi connectivity index (χ3v) is 4.00. The molecule has 2 rings (SSSR count). The molecule has 0 saturated heterocycles. The van der Waals surface area contributed by atoms with E-state index in [0.29, 0.717) is 12.3 Å². The molecule has 1 aliphatic rings. The number of nitrogens with zero attached hydrogens (tertiary/aromatic N) is 2. The van der Waals surface area contributed by atoms with Crippen molar-refractivity contribution in [3.8, 4) is 0 Å². The predicted octanol–water partition coefficient (Wildman–Crippen LogP) is 4.29. The van der Waals surface area contributed by atoms with Crippen molar-refractivity contribution in [2.24, 2.45) is 11.8 Å². The van der Waals surface area contributed by atoms with Crippen LogP contribution >= 0.6 is 0 Å². The van der Waals surface area contributed by atoms with Crippen LogP contribution in [0.15, 0.2) is 12.4 Å². The molecule has 0 spiro atoms. The molecule has 1 fully saturated rings. The zero-order chi connectivity index (χ0) is 16.2. The van der Waals surface area contributed by atoms with Gasteiger partial charge in [-0.2, -0.15) is 18.3 Å². The van der Waals surface area contributed by atoms with Gasteiger partial charge in [0.25, 0.3) is 0 Å². The Morgan fingerprint density at radius 1 is 1.29 bits per heavy atom. The standard InChI is InChI=1S/C13H19F3N2O.C2H6/c1-8(2)11-4-3-10(5-12(11)19)18-7-9(6-17-18)13(14,15)16;1-2/h6-8,10-12,19H,3-5H2,1-2H3;1-2H3. The quantitative estimate of drug-likeness (QED) is 0.885. The lowest BCUT2D eigenvalue weighted by Gasteiger charge is -2.35. The normalized spacial score (nSPS) is 26.4. The fraction of sp³-hybridized carbons (Fsp3) is 0.800. The molecular weight excluding hydrogens is 281 g/mol. The second kappa shape index (κ2) is 7.29. The molecule has 3 unspecified atom stereocenters. The number of aliphatic hydroxyl groups is 1. The number of aliphatic hydroxyl groups excluding tert-OH is 1. The summed E-state index contributed by atoms with van der Waals surface area (Å²) in [5.74, 6) is 0.619. The molecule has 6 heteroatoms. The van der Waals surface area contributed by atoms with Crippen LogP contribution in [0.2, 0.25) is 0 Å². The summed E-state index contributed by atoms with van der Waals surface area (Å²) in [5, 5.41) is 13.9. The maximum Gasteiger partial charge on any atom is 0.419 e. The first-order valence-electron chi connectivity index (χ1n) is 7.58. The van der Waals surface area contributed by atoms with E-state index in [2.05, 4.69) is 18.9 Å². The molecule has 0 amide bonds. The monoisotopic (exact) mass is 306 g/mol. The Hall–Kier alpha value is -1.04. The van der Waals surface area contributed by atoms with Crippen LogP contribution in [0.5, 0.6) is 0 Å². The molecule has 0 bridgehead atoms. The van der Waals surface area contributed by atoms with Gasteiger partial charge in [-0.3, -0.25) is 4.68 Å². The Kier molecular flexibility index (Phi) is 6.25. The van der Waals surface area contributed by atoms with E-state index in [9.17, 15) is 18.3 Å². The van der Waals surface area contributed by atoms with E-state index in [1.54, 1.807) is 0 Å². The molecule has 1 aliphatic carbocycles. The summed E-state index contributed by atoms with van der Waals surface area (Å²) in [7, 11) is 0. The molecule has 21 heavy (non-hydrogen) atoms. The van der Waals surface area contributed by atoms with Gasteiger partial charge in [-0.05, 0) is 31.1 Å². The van der Waals surface area contributed by atoms with Gasteiger partial charge in [0.15, 0.2) is 0 Å². The average molecular weight is 306 g/mol. The van der Waals surface area contributed by atoms with Crippen LogP contribution in [0.4, 0.5) is 13.2 Å². The Labute approximate surface area is 124 Å². The summed E-state index contributed by atoms with van der Waals surface area (Å²) in [6.45, 7) is 8.12. The first-order valence-corrected chi connectivity index (χ1v) is 7.58. The van der Waals surface area contributed by atoms with Crippen molar-refractivity contribution >= 4 is 0 Å². The van der Waals surface area contributed by atoms with E-state index in [4.69, 9.17) is 0 Å². The Balaban J connectivity index is 0.00000106. The zero-order valence-electron chi connectivity index (χ0n) is 13.1. The average Bonchev–Trinajstić information content (AvgIpc) is 2.90. The molecule has 1 N–H and O–H groups in total. The Bertz CT molecular complexity index is 429. The summed E-state index contributed by atoms with van der Waals surface area (Å²) in [5.41, 5.74) is -0.729.